The number of carbonyl (C=O) groups is 1. The van der Waals surface area contributed by atoms with Gasteiger partial charge in [-0.1, -0.05) is 28.7 Å². The van der Waals surface area contributed by atoms with E-state index in [0.29, 0.717) is 0 Å². The number of carbonyl (C=O) groups excluding carboxylic acids is 1. The summed E-state index contributed by atoms with van der Waals surface area (Å²) in [7, 11) is 0. The average molecular weight is 294 g/mol. The predicted molar refractivity (Wildman–Crippen MR) is 70.8 cm³/mol. The van der Waals surface area contributed by atoms with Crippen LogP contribution in [0, 0.1) is 25.1 Å². The van der Waals surface area contributed by atoms with Crippen molar-refractivity contribution >= 4 is 17.6 Å². The number of halogens is 2. The van der Waals surface area contributed by atoms with Gasteiger partial charge >= 0.3 is 5.97 Å². The molecule has 0 spiro atoms. The number of aryl methyl sites for hydroxylation is 1. The van der Waals surface area contributed by atoms with Crippen LogP contribution in [0.25, 0.3) is 11.3 Å². The molecule has 0 fully saturated rings. The number of esters is 1. The topological polar surface area (TPSA) is 52.3 Å². The standard InChI is InChI=1S/C14H9ClFNO3/c1-3-7-19-14(18)11-8(2)20-17-13(11)12-9(15)5-4-6-10(12)16/h1,4-6H,7H2,2H3. The van der Waals surface area contributed by atoms with Crippen molar-refractivity contribution in [3.8, 4) is 23.6 Å². The molecule has 0 unspecified atom stereocenters. The van der Waals surface area contributed by atoms with E-state index >= 15 is 0 Å². The lowest BCUT2D eigenvalue weighted by Gasteiger charge is -2.05. The molecule has 1 aromatic carbocycles. The van der Waals surface area contributed by atoms with E-state index in [1.165, 1.54) is 25.1 Å². The first kappa shape index (κ1) is 14.1. The summed E-state index contributed by atoms with van der Waals surface area (Å²) in [5.41, 5.74) is -0.0152. The van der Waals surface area contributed by atoms with E-state index in [1.54, 1.807) is 0 Å². The molecule has 0 bridgehead atoms. The molecule has 0 saturated heterocycles. The van der Waals surface area contributed by atoms with Gasteiger partial charge < -0.3 is 9.26 Å². The van der Waals surface area contributed by atoms with Crippen molar-refractivity contribution < 1.29 is 18.4 Å². The number of nitrogens with zero attached hydrogens (tertiary/aromatic N) is 1. The average Bonchev–Trinajstić information content (AvgIpc) is 2.78. The summed E-state index contributed by atoms with van der Waals surface area (Å²) < 4.78 is 23.6. The molecule has 0 amide bonds. The van der Waals surface area contributed by atoms with Crippen molar-refractivity contribution in [1.29, 1.82) is 0 Å². The van der Waals surface area contributed by atoms with E-state index in [2.05, 4.69) is 11.1 Å². The summed E-state index contributed by atoms with van der Waals surface area (Å²) in [5, 5.41) is 3.80. The van der Waals surface area contributed by atoms with E-state index in [-0.39, 0.29) is 34.2 Å². The van der Waals surface area contributed by atoms with Gasteiger partial charge in [-0.2, -0.15) is 0 Å². The van der Waals surface area contributed by atoms with Gasteiger partial charge in [-0.05, 0) is 19.1 Å². The Labute approximate surface area is 119 Å². The lowest BCUT2D eigenvalue weighted by atomic mass is 10.1. The van der Waals surface area contributed by atoms with Crippen molar-refractivity contribution in [1.82, 2.24) is 5.16 Å². The Balaban J connectivity index is 2.55. The largest absolute Gasteiger partial charge is 0.449 e. The third-order valence-corrected chi connectivity index (χ3v) is 2.87. The van der Waals surface area contributed by atoms with Gasteiger partial charge in [0.2, 0.25) is 0 Å². The minimum Gasteiger partial charge on any atom is -0.449 e. The molecule has 0 atom stereocenters. The fraction of sp³-hybridized carbons (Fsp3) is 0.143. The Hall–Kier alpha value is -2.32. The number of aromatic nitrogens is 1. The molecule has 2 aromatic rings. The number of terminal acetylenes is 1. The van der Waals surface area contributed by atoms with E-state index in [4.69, 9.17) is 27.3 Å². The van der Waals surface area contributed by atoms with Crippen molar-refractivity contribution in [2.45, 2.75) is 6.92 Å². The van der Waals surface area contributed by atoms with Crippen LogP contribution in [0.1, 0.15) is 16.1 Å². The minimum atomic E-state index is -0.740. The Morgan fingerprint density at radius 1 is 1.60 bits per heavy atom. The number of hydrogen-bond donors (Lipinski definition) is 0. The smallest absolute Gasteiger partial charge is 0.345 e. The van der Waals surface area contributed by atoms with E-state index in [1.807, 2.05) is 0 Å². The first-order valence-electron chi connectivity index (χ1n) is 5.57. The van der Waals surface area contributed by atoms with Crippen LogP contribution in [-0.4, -0.2) is 17.7 Å². The molecule has 0 aliphatic rings. The zero-order valence-corrected chi connectivity index (χ0v) is 11.2. The van der Waals surface area contributed by atoms with Crippen LogP contribution in [0.4, 0.5) is 4.39 Å². The van der Waals surface area contributed by atoms with Gasteiger partial charge in [0.05, 0.1) is 10.6 Å². The molecule has 0 saturated carbocycles. The Morgan fingerprint density at radius 2 is 2.35 bits per heavy atom. The zero-order chi connectivity index (χ0) is 14.7. The molecule has 20 heavy (non-hydrogen) atoms. The molecule has 0 radical (unpaired) electrons. The second-order valence-corrected chi connectivity index (χ2v) is 4.25. The second kappa shape index (κ2) is 5.76. The molecule has 4 nitrogen and oxygen atoms in total. The van der Waals surface area contributed by atoms with Gasteiger partial charge in [-0.15, -0.1) is 6.42 Å². The van der Waals surface area contributed by atoms with Crippen LogP contribution < -0.4 is 0 Å². The van der Waals surface area contributed by atoms with Gasteiger partial charge in [-0.3, -0.25) is 0 Å². The number of hydrogen-bond acceptors (Lipinski definition) is 4. The molecule has 2 rings (SSSR count). The first-order valence-corrected chi connectivity index (χ1v) is 5.95. The maximum absolute atomic E-state index is 13.9. The summed E-state index contributed by atoms with van der Waals surface area (Å²) in [6, 6.07) is 4.15. The van der Waals surface area contributed by atoms with Gasteiger partial charge in [0, 0.05) is 0 Å². The van der Waals surface area contributed by atoms with Crippen molar-refractivity contribution in [3.05, 3.63) is 40.4 Å². The van der Waals surface area contributed by atoms with Gasteiger partial charge in [0.15, 0.2) is 6.61 Å². The van der Waals surface area contributed by atoms with E-state index in [0.717, 1.165) is 0 Å². The fourth-order valence-electron chi connectivity index (χ4n) is 1.69. The molecule has 102 valence electrons. The third-order valence-electron chi connectivity index (χ3n) is 2.55. The normalized spacial score (nSPS) is 10.1. The van der Waals surface area contributed by atoms with Crippen LogP contribution in [-0.2, 0) is 4.74 Å². The molecular formula is C14H9ClFNO3. The van der Waals surface area contributed by atoms with Crippen molar-refractivity contribution in [2.75, 3.05) is 6.61 Å². The minimum absolute atomic E-state index is 0.00671. The quantitative estimate of drug-likeness (QED) is 0.644. The Kier molecular flexibility index (Phi) is 4.06. The van der Waals surface area contributed by atoms with Crippen LogP contribution in [0.15, 0.2) is 22.7 Å². The zero-order valence-electron chi connectivity index (χ0n) is 10.4. The summed E-state index contributed by atoms with van der Waals surface area (Å²) in [4.78, 5) is 11.9. The molecule has 1 aromatic heterocycles. The van der Waals surface area contributed by atoms with Gasteiger partial charge in [0.25, 0.3) is 0 Å². The predicted octanol–water partition coefficient (Wildman–Crippen LogP) is 3.23. The van der Waals surface area contributed by atoms with Crippen LogP contribution in [0.2, 0.25) is 5.02 Å². The first-order chi connectivity index (χ1) is 9.56. The van der Waals surface area contributed by atoms with E-state index < -0.39 is 11.8 Å². The highest BCUT2D eigenvalue weighted by Crippen LogP contribution is 2.33. The number of benzene rings is 1. The number of ether oxygens (including phenoxy) is 1. The highest BCUT2D eigenvalue weighted by Gasteiger charge is 2.26. The third kappa shape index (κ3) is 2.51. The molecule has 6 heteroatoms. The lowest BCUT2D eigenvalue weighted by molar-refractivity contribution is 0.0555. The molecule has 0 N–H and O–H groups in total. The summed E-state index contributed by atoms with van der Waals surface area (Å²) in [6.07, 6.45) is 5.02. The Morgan fingerprint density at radius 3 is 3.00 bits per heavy atom. The van der Waals surface area contributed by atoms with Gasteiger partial charge in [0.1, 0.15) is 22.8 Å². The van der Waals surface area contributed by atoms with Crippen molar-refractivity contribution in [2.24, 2.45) is 0 Å². The Bertz CT molecular complexity index is 683. The lowest BCUT2D eigenvalue weighted by Crippen LogP contribution is -2.07. The SMILES string of the molecule is C#CCOC(=O)c1c(-c2c(F)cccc2Cl)noc1C. The molecule has 0 aliphatic carbocycles. The highest BCUT2D eigenvalue weighted by molar-refractivity contribution is 6.33. The monoisotopic (exact) mass is 293 g/mol. The summed E-state index contributed by atoms with van der Waals surface area (Å²) >= 11 is 5.95. The van der Waals surface area contributed by atoms with Crippen molar-refractivity contribution in [3.63, 3.8) is 0 Å². The summed E-state index contributed by atoms with van der Waals surface area (Å²) in [6.45, 7) is 1.31. The maximum atomic E-state index is 13.9. The second-order valence-electron chi connectivity index (χ2n) is 3.84. The highest BCUT2D eigenvalue weighted by atomic mass is 35.5. The van der Waals surface area contributed by atoms with E-state index in [9.17, 15) is 9.18 Å². The summed E-state index contributed by atoms with van der Waals surface area (Å²) in [5.74, 6) is 1.01. The molecule has 0 aliphatic heterocycles. The molecular weight excluding hydrogens is 285 g/mol. The fourth-order valence-corrected chi connectivity index (χ4v) is 1.94. The number of rotatable bonds is 3. The van der Waals surface area contributed by atoms with Crippen LogP contribution in [0.3, 0.4) is 0 Å². The maximum Gasteiger partial charge on any atom is 0.345 e. The van der Waals surface area contributed by atoms with Crippen LogP contribution in [0.5, 0.6) is 0 Å². The van der Waals surface area contributed by atoms with Crippen LogP contribution >= 0.6 is 11.6 Å². The molecule has 1 heterocycles. The van der Waals surface area contributed by atoms with Gasteiger partial charge in [-0.25, -0.2) is 9.18 Å².